The Labute approximate surface area is 224 Å². The molecule has 1 aliphatic heterocycles. The van der Waals surface area contributed by atoms with Crippen molar-refractivity contribution < 1.29 is 23.5 Å². The fraction of sp³-hybridized carbons (Fsp3) is 0.462. The zero-order valence-electron chi connectivity index (χ0n) is 20.5. The zero-order chi connectivity index (χ0) is 26.2. The average Bonchev–Trinajstić information content (AvgIpc) is 2.77. The van der Waals surface area contributed by atoms with Crippen LogP contribution in [-0.2, 0) is 22.6 Å². The molecule has 0 aliphatic carbocycles. The van der Waals surface area contributed by atoms with Crippen LogP contribution in [0.4, 0.5) is 8.78 Å². The maximum atomic E-state index is 13.8. The van der Waals surface area contributed by atoms with E-state index in [-0.39, 0.29) is 43.9 Å². The molecule has 3 rings (SSSR count). The summed E-state index contributed by atoms with van der Waals surface area (Å²) in [5.41, 5.74) is 1.38. The van der Waals surface area contributed by atoms with Crippen molar-refractivity contribution in [1.82, 2.24) is 20.4 Å². The van der Waals surface area contributed by atoms with Crippen molar-refractivity contribution in [1.29, 1.82) is 0 Å². The number of carbonyl (C=O) groups is 2. The van der Waals surface area contributed by atoms with Crippen LogP contribution >= 0.6 is 22.6 Å². The Morgan fingerprint density at radius 2 is 1.92 bits per heavy atom. The third-order valence-electron chi connectivity index (χ3n) is 6.20. The molecule has 0 radical (unpaired) electrons. The molecule has 1 aliphatic rings. The number of benzene rings is 2. The van der Waals surface area contributed by atoms with Crippen LogP contribution < -0.4 is 10.6 Å². The van der Waals surface area contributed by atoms with Gasteiger partial charge in [-0.25, -0.2) is 8.78 Å². The smallest absolute Gasteiger partial charge is 0.237 e. The van der Waals surface area contributed by atoms with Gasteiger partial charge in [-0.1, -0.05) is 12.1 Å². The van der Waals surface area contributed by atoms with Crippen molar-refractivity contribution in [2.24, 2.45) is 0 Å². The predicted molar refractivity (Wildman–Crippen MR) is 142 cm³/mol. The number of nitrogens with one attached hydrogen (secondary N) is 2. The van der Waals surface area contributed by atoms with Gasteiger partial charge in [0.2, 0.25) is 11.8 Å². The van der Waals surface area contributed by atoms with E-state index in [2.05, 4.69) is 33.2 Å². The summed E-state index contributed by atoms with van der Waals surface area (Å²) in [6.45, 7) is 5.86. The predicted octanol–water partition coefficient (Wildman–Crippen LogP) is 2.30. The lowest BCUT2D eigenvalue weighted by molar-refractivity contribution is -0.140. The number of hydrogen-bond acceptors (Lipinski definition) is 5. The highest BCUT2D eigenvalue weighted by Gasteiger charge is 2.30. The van der Waals surface area contributed by atoms with Gasteiger partial charge in [-0.2, -0.15) is 0 Å². The molecule has 10 heteroatoms. The Hall–Kier alpha value is -2.15. The van der Waals surface area contributed by atoms with Gasteiger partial charge in [0.25, 0.3) is 0 Å². The molecule has 3 atom stereocenters. The van der Waals surface area contributed by atoms with Crippen LogP contribution in [0.2, 0.25) is 0 Å². The number of piperazine rings is 1. The molecule has 0 aromatic heterocycles. The molecule has 196 valence electrons. The number of amides is 2. The molecule has 36 heavy (non-hydrogen) atoms. The molecule has 1 saturated heterocycles. The first kappa shape index (κ1) is 28.4. The highest BCUT2D eigenvalue weighted by Crippen LogP contribution is 2.14. The van der Waals surface area contributed by atoms with Crippen molar-refractivity contribution in [3.05, 3.63) is 68.8 Å². The molecule has 1 heterocycles. The van der Waals surface area contributed by atoms with Crippen molar-refractivity contribution in [3.63, 3.8) is 0 Å². The summed E-state index contributed by atoms with van der Waals surface area (Å²) in [7, 11) is 0. The lowest BCUT2D eigenvalue weighted by Crippen LogP contribution is -2.58. The number of carbonyl (C=O) groups excluding carboxylic acids is 2. The van der Waals surface area contributed by atoms with Gasteiger partial charge in [-0.3, -0.25) is 14.5 Å². The first-order chi connectivity index (χ1) is 17.1. The highest BCUT2D eigenvalue weighted by molar-refractivity contribution is 14.1. The second-order valence-electron chi connectivity index (χ2n) is 9.18. The second kappa shape index (κ2) is 13.4. The molecular weight excluding hydrogens is 581 g/mol. The van der Waals surface area contributed by atoms with Gasteiger partial charge in [0.15, 0.2) is 0 Å². The summed E-state index contributed by atoms with van der Waals surface area (Å²) in [6, 6.07) is 10.3. The summed E-state index contributed by atoms with van der Waals surface area (Å²) >= 11 is 2.23. The van der Waals surface area contributed by atoms with Gasteiger partial charge in [0.1, 0.15) is 11.6 Å². The lowest BCUT2D eigenvalue weighted by Gasteiger charge is -2.38. The van der Waals surface area contributed by atoms with E-state index in [0.717, 1.165) is 15.2 Å². The Morgan fingerprint density at radius 1 is 1.19 bits per heavy atom. The minimum atomic E-state index is -1.01. The van der Waals surface area contributed by atoms with Gasteiger partial charge in [0.05, 0.1) is 25.2 Å². The maximum absolute atomic E-state index is 13.8. The lowest BCUT2D eigenvalue weighted by atomic mass is 10.0. The van der Waals surface area contributed by atoms with Crippen molar-refractivity contribution >= 4 is 34.4 Å². The summed E-state index contributed by atoms with van der Waals surface area (Å²) < 4.78 is 28.6. The topological polar surface area (TPSA) is 84.9 Å². The molecule has 0 bridgehead atoms. The third-order valence-corrected chi connectivity index (χ3v) is 6.87. The fourth-order valence-corrected chi connectivity index (χ4v) is 5.16. The van der Waals surface area contributed by atoms with Gasteiger partial charge >= 0.3 is 0 Å². The quantitative estimate of drug-likeness (QED) is 0.339. The third kappa shape index (κ3) is 8.46. The Kier molecular flexibility index (Phi) is 10.6. The molecule has 3 N–H and O–H groups in total. The molecule has 2 aromatic carbocycles. The normalized spacial score (nSPS) is 18.2. The molecule has 0 saturated carbocycles. The Balaban J connectivity index is 1.64. The summed E-state index contributed by atoms with van der Waals surface area (Å²) in [5.74, 6) is -1.83. The van der Waals surface area contributed by atoms with E-state index in [1.165, 1.54) is 12.1 Å². The standard InChI is InChI=1S/C26H33F2IN4O3/c1-3-33-17(2)14-32(16-26(33)36)15-25(35)31-23(10-19-7-20(27)11-21(28)8-19)24(34)13-30-12-18-5-4-6-22(29)9-18/h4-9,11,17,23-24,30,34H,3,10,12-16H2,1-2H3,(H,31,35)/t17-,23-,24+/m0/s1. The Bertz CT molecular complexity index is 1040. The molecule has 2 amide bonds. The second-order valence-corrected chi connectivity index (χ2v) is 10.4. The molecule has 1 fully saturated rings. The van der Waals surface area contributed by atoms with E-state index in [9.17, 15) is 23.5 Å². The Morgan fingerprint density at radius 3 is 2.56 bits per heavy atom. The minimum Gasteiger partial charge on any atom is -0.390 e. The van der Waals surface area contributed by atoms with Crippen LogP contribution in [0, 0.1) is 15.2 Å². The minimum absolute atomic E-state index is 0.00838. The van der Waals surface area contributed by atoms with Gasteiger partial charge in [0, 0.05) is 41.9 Å². The van der Waals surface area contributed by atoms with Crippen LogP contribution in [0.15, 0.2) is 42.5 Å². The first-order valence-corrected chi connectivity index (χ1v) is 13.1. The zero-order valence-corrected chi connectivity index (χ0v) is 22.7. The number of halogens is 3. The van der Waals surface area contributed by atoms with Gasteiger partial charge < -0.3 is 20.6 Å². The van der Waals surface area contributed by atoms with E-state index in [1.54, 1.807) is 9.80 Å². The highest BCUT2D eigenvalue weighted by atomic mass is 127. The van der Waals surface area contributed by atoms with Crippen LogP contribution in [0.3, 0.4) is 0 Å². The number of aliphatic hydroxyl groups is 1. The van der Waals surface area contributed by atoms with Gasteiger partial charge in [-0.05, 0) is 78.3 Å². The number of hydrogen-bond donors (Lipinski definition) is 3. The molecule has 0 unspecified atom stereocenters. The number of rotatable bonds is 11. The van der Waals surface area contributed by atoms with E-state index >= 15 is 0 Å². The van der Waals surface area contributed by atoms with Crippen molar-refractivity contribution in [3.8, 4) is 0 Å². The average molecular weight is 614 g/mol. The van der Waals surface area contributed by atoms with Crippen molar-refractivity contribution in [2.45, 2.75) is 45.0 Å². The van der Waals surface area contributed by atoms with Crippen LogP contribution in [0.5, 0.6) is 0 Å². The summed E-state index contributed by atoms with van der Waals surface area (Å²) in [4.78, 5) is 28.8. The number of nitrogens with zero attached hydrogens (tertiary/aromatic N) is 2. The van der Waals surface area contributed by atoms with Crippen LogP contribution in [0.1, 0.15) is 25.0 Å². The molecule has 7 nitrogen and oxygen atoms in total. The largest absolute Gasteiger partial charge is 0.390 e. The first-order valence-electron chi connectivity index (χ1n) is 12.0. The molecule has 2 aromatic rings. The van der Waals surface area contributed by atoms with Crippen molar-refractivity contribution in [2.75, 3.05) is 32.7 Å². The maximum Gasteiger partial charge on any atom is 0.237 e. The molecule has 0 spiro atoms. The number of likely N-dealkylation sites (N-methyl/N-ethyl adjacent to an activating group) is 1. The summed E-state index contributed by atoms with van der Waals surface area (Å²) in [5, 5.41) is 16.9. The van der Waals surface area contributed by atoms with E-state index in [1.807, 2.05) is 38.1 Å². The number of aliphatic hydroxyl groups excluding tert-OH is 1. The SMILES string of the molecule is CCN1C(=O)CN(CC(=O)N[C@@H](Cc2cc(F)cc(F)c2)[C@H](O)CNCc2cccc(I)c2)C[C@@H]1C. The fourth-order valence-electron chi connectivity index (χ4n) is 4.55. The van der Waals surface area contributed by atoms with E-state index in [0.29, 0.717) is 25.2 Å². The van der Waals surface area contributed by atoms with E-state index in [4.69, 9.17) is 0 Å². The van der Waals surface area contributed by atoms with Crippen LogP contribution in [0.25, 0.3) is 0 Å². The monoisotopic (exact) mass is 614 g/mol. The van der Waals surface area contributed by atoms with E-state index < -0.39 is 23.8 Å². The van der Waals surface area contributed by atoms with Crippen LogP contribution in [-0.4, -0.2) is 77.6 Å². The summed E-state index contributed by atoms with van der Waals surface area (Å²) in [6.07, 6.45) is -0.966. The molecular formula is C26H33F2IN4O3. The van der Waals surface area contributed by atoms with Gasteiger partial charge in [-0.15, -0.1) is 0 Å².